The number of carbonyl (C=O) groups excluding carboxylic acids is 1. The second kappa shape index (κ2) is 6.18. The number of nitrogens with one attached hydrogen (secondary N) is 1. The minimum atomic E-state index is -0.510. The van der Waals surface area contributed by atoms with Crippen molar-refractivity contribution in [3.05, 3.63) is 0 Å². The van der Waals surface area contributed by atoms with E-state index < -0.39 is 5.41 Å². The second-order valence-electron chi connectivity index (χ2n) is 4.57. The van der Waals surface area contributed by atoms with Crippen molar-refractivity contribution < 1.29 is 19.0 Å². The van der Waals surface area contributed by atoms with Gasteiger partial charge in [0.05, 0.1) is 38.4 Å². The Hall–Kier alpha value is -0.650. The molecule has 0 saturated carbocycles. The molecule has 16 heavy (non-hydrogen) atoms. The third kappa shape index (κ3) is 4.08. The molecule has 1 N–H and O–H groups in total. The van der Waals surface area contributed by atoms with Gasteiger partial charge in [0.15, 0.2) is 0 Å². The summed E-state index contributed by atoms with van der Waals surface area (Å²) in [5.41, 5.74) is -0.510. The van der Waals surface area contributed by atoms with Crippen LogP contribution in [-0.4, -0.2) is 52.1 Å². The number of ether oxygens (including phenoxy) is 3. The Labute approximate surface area is 96.4 Å². The fourth-order valence-electron chi connectivity index (χ4n) is 1.55. The van der Waals surface area contributed by atoms with Crippen LogP contribution in [0.5, 0.6) is 0 Å². The van der Waals surface area contributed by atoms with Gasteiger partial charge in [0, 0.05) is 13.1 Å². The number of hydrogen-bond donors (Lipinski definition) is 1. The first-order valence-electron chi connectivity index (χ1n) is 5.55. The van der Waals surface area contributed by atoms with Crippen LogP contribution in [0, 0.1) is 5.41 Å². The van der Waals surface area contributed by atoms with Crippen molar-refractivity contribution in [3.63, 3.8) is 0 Å². The van der Waals surface area contributed by atoms with Crippen molar-refractivity contribution in [1.82, 2.24) is 5.32 Å². The van der Waals surface area contributed by atoms with Gasteiger partial charge in [-0.2, -0.15) is 0 Å². The molecular weight excluding hydrogens is 210 g/mol. The fourth-order valence-corrected chi connectivity index (χ4v) is 1.55. The zero-order chi connectivity index (χ0) is 12.0. The van der Waals surface area contributed by atoms with Crippen molar-refractivity contribution in [2.24, 2.45) is 5.41 Å². The molecule has 0 aromatic carbocycles. The average Bonchev–Trinajstić information content (AvgIpc) is 2.29. The third-order valence-corrected chi connectivity index (χ3v) is 2.56. The summed E-state index contributed by atoms with van der Waals surface area (Å²) >= 11 is 0. The molecule has 0 bridgehead atoms. The molecule has 1 saturated heterocycles. The van der Waals surface area contributed by atoms with E-state index in [1.165, 1.54) is 7.11 Å². The topological polar surface area (TPSA) is 56.8 Å². The molecule has 1 atom stereocenters. The lowest BCUT2D eigenvalue weighted by molar-refractivity contribution is -0.150. The van der Waals surface area contributed by atoms with E-state index in [0.29, 0.717) is 32.9 Å². The van der Waals surface area contributed by atoms with Crippen LogP contribution >= 0.6 is 0 Å². The molecule has 0 aromatic rings. The van der Waals surface area contributed by atoms with Crippen molar-refractivity contribution in [2.45, 2.75) is 20.0 Å². The van der Waals surface area contributed by atoms with E-state index in [4.69, 9.17) is 14.2 Å². The highest BCUT2D eigenvalue weighted by Gasteiger charge is 2.28. The van der Waals surface area contributed by atoms with Crippen molar-refractivity contribution in [1.29, 1.82) is 0 Å². The monoisotopic (exact) mass is 231 g/mol. The first kappa shape index (κ1) is 13.4. The van der Waals surface area contributed by atoms with Crippen LogP contribution in [0.3, 0.4) is 0 Å². The van der Waals surface area contributed by atoms with Crippen LogP contribution in [0.2, 0.25) is 0 Å². The van der Waals surface area contributed by atoms with E-state index in [-0.39, 0.29) is 12.1 Å². The Morgan fingerprint density at radius 1 is 1.50 bits per heavy atom. The van der Waals surface area contributed by atoms with Gasteiger partial charge >= 0.3 is 5.97 Å². The first-order valence-corrected chi connectivity index (χ1v) is 5.55. The molecule has 0 radical (unpaired) electrons. The van der Waals surface area contributed by atoms with Gasteiger partial charge in [0.1, 0.15) is 0 Å². The quantitative estimate of drug-likeness (QED) is 0.685. The predicted octanol–water partition coefficient (Wildman–Crippen LogP) is 0.191. The molecule has 0 aromatic heterocycles. The summed E-state index contributed by atoms with van der Waals surface area (Å²) in [5.74, 6) is -0.208. The van der Waals surface area contributed by atoms with E-state index in [2.05, 4.69) is 5.32 Å². The van der Waals surface area contributed by atoms with E-state index in [0.717, 1.165) is 0 Å². The lowest BCUT2D eigenvalue weighted by Crippen LogP contribution is -2.43. The van der Waals surface area contributed by atoms with Gasteiger partial charge in [-0.15, -0.1) is 0 Å². The maximum atomic E-state index is 11.4. The van der Waals surface area contributed by atoms with Crippen LogP contribution in [0.1, 0.15) is 13.8 Å². The zero-order valence-electron chi connectivity index (χ0n) is 10.2. The molecule has 1 unspecified atom stereocenters. The maximum absolute atomic E-state index is 11.4. The van der Waals surface area contributed by atoms with Gasteiger partial charge in [0.2, 0.25) is 0 Å². The van der Waals surface area contributed by atoms with Gasteiger partial charge < -0.3 is 19.5 Å². The summed E-state index contributed by atoms with van der Waals surface area (Å²) in [5, 5.41) is 3.20. The lowest BCUT2D eigenvalue weighted by Gasteiger charge is -2.26. The molecule has 0 aliphatic carbocycles. The smallest absolute Gasteiger partial charge is 0.312 e. The average molecular weight is 231 g/mol. The molecule has 1 aliphatic heterocycles. The van der Waals surface area contributed by atoms with Crippen molar-refractivity contribution in [2.75, 3.05) is 40.0 Å². The van der Waals surface area contributed by atoms with Gasteiger partial charge in [-0.25, -0.2) is 0 Å². The lowest BCUT2D eigenvalue weighted by atomic mass is 9.94. The summed E-state index contributed by atoms with van der Waals surface area (Å²) in [6, 6.07) is 0. The minimum Gasteiger partial charge on any atom is -0.469 e. The molecule has 1 fully saturated rings. The van der Waals surface area contributed by atoms with Gasteiger partial charge in [-0.05, 0) is 13.8 Å². The fraction of sp³-hybridized carbons (Fsp3) is 0.909. The number of esters is 1. The Morgan fingerprint density at radius 3 is 2.81 bits per heavy atom. The Kier molecular flexibility index (Phi) is 5.18. The van der Waals surface area contributed by atoms with E-state index in [1.54, 1.807) is 0 Å². The third-order valence-electron chi connectivity index (χ3n) is 2.56. The van der Waals surface area contributed by atoms with Crippen LogP contribution < -0.4 is 5.32 Å². The highest BCUT2D eigenvalue weighted by molar-refractivity contribution is 5.76. The van der Waals surface area contributed by atoms with Gasteiger partial charge in [0.25, 0.3) is 0 Å². The molecule has 1 rings (SSSR count). The summed E-state index contributed by atoms with van der Waals surface area (Å²) in [6.07, 6.45) is 0.0854. The van der Waals surface area contributed by atoms with Crippen LogP contribution in [0.15, 0.2) is 0 Å². The predicted molar refractivity (Wildman–Crippen MR) is 59.2 cm³/mol. The largest absolute Gasteiger partial charge is 0.469 e. The van der Waals surface area contributed by atoms with Crippen molar-refractivity contribution in [3.8, 4) is 0 Å². The van der Waals surface area contributed by atoms with Crippen LogP contribution in [0.25, 0.3) is 0 Å². The number of rotatable bonds is 5. The number of methoxy groups -OCH3 is 1. The minimum absolute atomic E-state index is 0.0854. The Balaban J connectivity index is 2.20. The molecule has 1 aliphatic rings. The van der Waals surface area contributed by atoms with E-state index in [1.807, 2.05) is 13.8 Å². The molecule has 1 heterocycles. The summed E-state index contributed by atoms with van der Waals surface area (Å²) in [4.78, 5) is 11.4. The molecule has 0 spiro atoms. The van der Waals surface area contributed by atoms with E-state index >= 15 is 0 Å². The summed E-state index contributed by atoms with van der Waals surface area (Å²) < 4.78 is 15.5. The molecule has 94 valence electrons. The SMILES string of the molecule is COC(=O)C(C)(C)CNCC1COCCO1. The Bertz CT molecular complexity index is 224. The summed E-state index contributed by atoms with van der Waals surface area (Å²) in [7, 11) is 1.40. The molecule has 5 nitrogen and oxygen atoms in total. The highest BCUT2D eigenvalue weighted by Crippen LogP contribution is 2.15. The Morgan fingerprint density at radius 2 is 2.25 bits per heavy atom. The van der Waals surface area contributed by atoms with Crippen LogP contribution in [0.4, 0.5) is 0 Å². The standard InChI is InChI=1S/C11H21NO4/c1-11(2,10(13)14-3)8-12-6-9-7-15-4-5-16-9/h9,12H,4-8H2,1-3H3. The zero-order valence-corrected chi connectivity index (χ0v) is 10.2. The molecular formula is C11H21NO4. The molecule has 5 heteroatoms. The number of carbonyl (C=O) groups is 1. The second-order valence-corrected chi connectivity index (χ2v) is 4.57. The number of hydrogen-bond acceptors (Lipinski definition) is 5. The van der Waals surface area contributed by atoms with Gasteiger partial charge in [-0.3, -0.25) is 4.79 Å². The molecule has 0 amide bonds. The summed E-state index contributed by atoms with van der Waals surface area (Å²) in [6.45, 7) is 6.90. The normalized spacial score (nSPS) is 21.8. The van der Waals surface area contributed by atoms with Crippen molar-refractivity contribution >= 4 is 5.97 Å². The first-order chi connectivity index (χ1) is 7.56. The maximum Gasteiger partial charge on any atom is 0.312 e. The van der Waals surface area contributed by atoms with E-state index in [9.17, 15) is 4.79 Å². The highest BCUT2D eigenvalue weighted by atomic mass is 16.6. The van der Waals surface area contributed by atoms with Gasteiger partial charge in [-0.1, -0.05) is 0 Å². The van der Waals surface area contributed by atoms with Crippen LogP contribution in [-0.2, 0) is 19.0 Å².